The first-order valence-corrected chi connectivity index (χ1v) is 7.77. The van der Waals surface area contributed by atoms with Crippen molar-refractivity contribution in [3.05, 3.63) is 0 Å². The summed E-state index contributed by atoms with van der Waals surface area (Å²) >= 11 is 0. The lowest BCUT2D eigenvalue weighted by molar-refractivity contribution is -0.147. The average Bonchev–Trinajstić information content (AvgIpc) is 3.04. The van der Waals surface area contributed by atoms with E-state index in [9.17, 15) is 4.79 Å². The first-order chi connectivity index (χ1) is 9.14. The lowest BCUT2D eigenvalue weighted by atomic mass is 9.90. The van der Waals surface area contributed by atoms with Crippen LogP contribution in [0.1, 0.15) is 51.4 Å². The lowest BCUT2D eigenvalue weighted by Crippen LogP contribution is -2.51. The number of carbonyl (C=O) groups is 1. The number of carbonyl (C=O) groups excluding carboxylic acids is 1. The van der Waals surface area contributed by atoms with E-state index in [1.165, 1.54) is 45.8 Å². The molecule has 3 fully saturated rings. The van der Waals surface area contributed by atoms with Crippen LogP contribution in [0.4, 0.5) is 0 Å². The molecular formula is C15H26N2O2. The number of rotatable bonds is 2. The van der Waals surface area contributed by atoms with Gasteiger partial charge in [-0.15, -0.1) is 0 Å². The zero-order valence-corrected chi connectivity index (χ0v) is 11.9. The fraction of sp³-hybridized carbons (Fsp3) is 0.933. The van der Waals surface area contributed by atoms with Crippen LogP contribution < -0.4 is 5.73 Å². The van der Waals surface area contributed by atoms with Crippen molar-refractivity contribution >= 4 is 5.97 Å². The van der Waals surface area contributed by atoms with E-state index in [4.69, 9.17) is 10.5 Å². The van der Waals surface area contributed by atoms with Crippen molar-refractivity contribution in [2.75, 3.05) is 13.7 Å². The van der Waals surface area contributed by atoms with Crippen molar-refractivity contribution in [3.63, 3.8) is 0 Å². The Balaban J connectivity index is 1.68. The lowest BCUT2D eigenvalue weighted by Gasteiger charge is -2.42. The molecule has 1 saturated heterocycles. The highest BCUT2D eigenvalue weighted by atomic mass is 16.5. The van der Waals surface area contributed by atoms with Crippen molar-refractivity contribution in [3.8, 4) is 0 Å². The quantitative estimate of drug-likeness (QED) is 0.773. The maximum absolute atomic E-state index is 11.8. The zero-order valence-electron chi connectivity index (χ0n) is 11.9. The van der Waals surface area contributed by atoms with Crippen LogP contribution in [0.15, 0.2) is 0 Å². The minimum Gasteiger partial charge on any atom is -0.468 e. The molecule has 0 aromatic heterocycles. The Bertz CT molecular complexity index is 360. The second kappa shape index (κ2) is 5.06. The van der Waals surface area contributed by atoms with E-state index in [0.29, 0.717) is 6.04 Å². The molecule has 0 amide bonds. The molecule has 4 heteroatoms. The highest BCUT2D eigenvalue weighted by Crippen LogP contribution is 2.42. The topological polar surface area (TPSA) is 55.6 Å². The number of piperidine rings is 1. The molecule has 0 bridgehead atoms. The van der Waals surface area contributed by atoms with Crippen LogP contribution >= 0.6 is 0 Å². The average molecular weight is 266 g/mol. The van der Waals surface area contributed by atoms with E-state index < -0.39 is 5.54 Å². The molecule has 19 heavy (non-hydrogen) atoms. The van der Waals surface area contributed by atoms with Gasteiger partial charge in [0.05, 0.1) is 7.11 Å². The molecule has 0 spiro atoms. The number of ether oxygens (including phenoxy) is 1. The molecule has 0 radical (unpaired) electrons. The third-order valence-corrected chi connectivity index (χ3v) is 5.62. The largest absolute Gasteiger partial charge is 0.468 e. The third-order valence-electron chi connectivity index (χ3n) is 5.62. The minimum atomic E-state index is -0.731. The van der Waals surface area contributed by atoms with Crippen LogP contribution in [0.25, 0.3) is 0 Å². The van der Waals surface area contributed by atoms with Crippen LogP contribution in [0.2, 0.25) is 0 Å². The Labute approximate surface area is 115 Å². The number of esters is 1. The minimum absolute atomic E-state index is 0.227. The maximum Gasteiger partial charge on any atom is 0.325 e. The second-order valence-electron chi connectivity index (χ2n) is 6.68. The monoisotopic (exact) mass is 266 g/mol. The highest BCUT2D eigenvalue weighted by molar-refractivity contribution is 5.81. The van der Waals surface area contributed by atoms with Gasteiger partial charge >= 0.3 is 5.97 Å². The van der Waals surface area contributed by atoms with Gasteiger partial charge in [-0.25, -0.2) is 0 Å². The Kier molecular flexibility index (Phi) is 3.56. The van der Waals surface area contributed by atoms with Crippen LogP contribution in [0.5, 0.6) is 0 Å². The van der Waals surface area contributed by atoms with E-state index in [1.807, 2.05) is 0 Å². The number of likely N-dealkylation sites (tertiary alicyclic amines) is 1. The summed E-state index contributed by atoms with van der Waals surface area (Å²) in [4.78, 5) is 14.5. The summed E-state index contributed by atoms with van der Waals surface area (Å²) in [5.74, 6) is 0.676. The predicted molar refractivity (Wildman–Crippen MR) is 73.6 cm³/mol. The van der Waals surface area contributed by atoms with Gasteiger partial charge in [0.25, 0.3) is 0 Å². The number of fused-ring (bicyclic) bond motifs is 1. The number of hydrogen-bond donors (Lipinski definition) is 1. The van der Waals surface area contributed by atoms with Gasteiger partial charge in [0, 0.05) is 12.1 Å². The summed E-state index contributed by atoms with van der Waals surface area (Å²) < 4.78 is 4.88. The van der Waals surface area contributed by atoms with Gasteiger partial charge < -0.3 is 10.5 Å². The molecule has 2 aliphatic carbocycles. The molecule has 1 aliphatic heterocycles. The van der Waals surface area contributed by atoms with E-state index in [1.54, 1.807) is 0 Å². The molecule has 3 aliphatic rings. The molecule has 2 N–H and O–H groups in total. The second-order valence-corrected chi connectivity index (χ2v) is 6.68. The Morgan fingerprint density at radius 3 is 2.84 bits per heavy atom. The molecule has 1 heterocycles. The van der Waals surface area contributed by atoms with Crippen molar-refractivity contribution in [2.45, 2.75) is 69.0 Å². The van der Waals surface area contributed by atoms with Crippen molar-refractivity contribution in [2.24, 2.45) is 11.7 Å². The molecule has 108 valence electrons. The maximum atomic E-state index is 11.8. The summed E-state index contributed by atoms with van der Waals surface area (Å²) in [6.45, 7) is 1.20. The molecular weight excluding hydrogens is 240 g/mol. The third kappa shape index (κ3) is 2.29. The van der Waals surface area contributed by atoms with Crippen molar-refractivity contribution in [1.82, 2.24) is 4.90 Å². The standard InChI is InChI=1S/C15H26N2O2/c1-19-14(18)15(16)8-7-12(10-15)17-9-3-5-11-4-2-6-13(11)17/h11-13H,2-10,16H2,1H3. The summed E-state index contributed by atoms with van der Waals surface area (Å²) in [7, 11) is 1.44. The first-order valence-electron chi connectivity index (χ1n) is 7.77. The molecule has 4 nitrogen and oxygen atoms in total. The van der Waals surface area contributed by atoms with Gasteiger partial charge in [-0.2, -0.15) is 0 Å². The molecule has 4 atom stereocenters. The predicted octanol–water partition coefficient (Wildman–Crippen LogP) is 1.67. The fourth-order valence-electron chi connectivity index (χ4n) is 4.67. The van der Waals surface area contributed by atoms with E-state index in [2.05, 4.69) is 4.90 Å². The smallest absolute Gasteiger partial charge is 0.325 e. The summed E-state index contributed by atoms with van der Waals surface area (Å²) in [6, 6.07) is 1.26. The summed E-state index contributed by atoms with van der Waals surface area (Å²) in [5.41, 5.74) is 5.51. The molecule has 2 saturated carbocycles. The van der Waals surface area contributed by atoms with Crippen LogP contribution in [-0.4, -0.2) is 42.1 Å². The SMILES string of the molecule is COC(=O)C1(N)CCC(N2CCCC3CCCC32)C1. The van der Waals surface area contributed by atoms with Gasteiger partial charge in [-0.05, 0) is 57.4 Å². The molecule has 3 rings (SSSR count). The molecule has 4 unspecified atom stereocenters. The first kappa shape index (κ1) is 13.4. The molecule has 0 aromatic carbocycles. The van der Waals surface area contributed by atoms with Gasteiger partial charge in [-0.3, -0.25) is 9.69 Å². The van der Waals surface area contributed by atoms with E-state index >= 15 is 0 Å². The van der Waals surface area contributed by atoms with Gasteiger partial charge in [-0.1, -0.05) is 6.42 Å². The van der Waals surface area contributed by atoms with Gasteiger partial charge in [0.1, 0.15) is 5.54 Å². The molecule has 0 aromatic rings. The van der Waals surface area contributed by atoms with Gasteiger partial charge in [0.15, 0.2) is 0 Å². The summed E-state index contributed by atoms with van der Waals surface area (Å²) in [5, 5.41) is 0. The zero-order chi connectivity index (χ0) is 13.5. The van der Waals surface area contributed by atoms with E-state index in [-0.39, 0.29) is 5.97 Å². The normalized spacial score (nSPS) is 43.2. The highest BCUT2D eigenvalue weighted by Gasteiger charge is 2.47. The van der Waals surface area contributed by atoms with Crippen LogP contribution in [0.3, 0.4) is 0 Å². The summed E-state index contributed by atoms with van der Waals surface area (Å²) in [6.07, 6.45) is 9.45. The number of nitrogens with two attached hydrogens (primary N) is 1. The van der Waals surface area contributed by atoms with Crippen LogP contribution in [-0.2, 0) is 9.53 Å². The van der Waals surface area contributed by atoms with E-state index in [0.717, 1.165) is 31.2 Å². The van der Waals surface area contributed by atoms with Crippen LogP contribution in [0, 0.1) is 5.92 Å². The van der Waals surface area contributed by atoms with Gasteiger partial charge in [0.2, 0.25) is 0 Å². The van der Waals surface area contributed by atoms with Crippen molar-refractivity contribution < 1.29 is 9.53 Å². The Morgan fingerprint density at radius 1 is 1.26 bits per heavy atom. The Hall–Kier alpha value is -0.610. The number of nitrogens with zero attached hydrogens (tertiary/aromatic N) is 1. The number of methoxy groups -OCH3 is 1. The number of hydrogen-bond acceptors (Lipinski definition) is 4. The Morgan fingerprint density at radius 2 is 2.05 bits per heavy atom. The fourth-order valence-corrected chi connectivity index (χ4v) is 4.67. The van der Waals surface area contributed by atoms with Crippen molar-refractivity contribution in [1.29, 1.82) is 0 Å².